The zero-order valence-corrected chi connectivity index (χ0v) is 91.6. The van der Waals surface area contributed by atoms with Gasteiger partial charge in [-0.1, -0.05) is 280 Å². The smallest absolute Gasteiger partial charge is 0.399 e. The minimum atomic E-state index is -1.67. The maximum Gasteiger partial charge on any atom is 1.00 e. The maximum absolute atomic E-state index is 5.43. The third kappa shape index (κ3) is 27.9. The van der Waals surface area contributed by atoms with Gasteiger partial charge in [0.15, 0.2) is 0 Å². The molecular weight excluding hydrogens is 2230 g/mol. The van der Waals surface area contributed by atoms with E-state index in [1.54, 1.807) is 0 Å². The number of anilines is 9. The van der Waals surface area contributed by atoms with Gasteiger partial charge in [0.05, 0.1) is 44.1 Å². The number of ether oxygens (including phenoxy) is 1. The molecule has 1 aliphatic rings. The number of halogens is 7. The molecule has 19 heteroatoms. The first-order chi connectivity index (χ1) is 68.9. The van der Waals surface area contributed by atoms with E-state index in [1.807, 2.05) is 73.8 Å². The molecular formula is C124H106BBr3Cl2I2LiN8OSi. The number of nitrogens with zero attached hydrogens (tertiary/aromatic N) is 6. The Bertz CT molecular complexity index is 7660. The van der Waals surface area contributed by atoms with Crippen LogP contribution >= 0.6 is 115 Å². The fourth-order valence-corrected chi connectivity index (χ4v) is 18.6. The molecule has 3 radical (unpaired) electrons. The predicted octanol–water partition coefficient (Wildman–Crippen LogP) is 35.5. The number of rotatable bonds is 13. The van der Waals surface area contributed by atoms with Crippen LogP contribution in [0, 0.1) is 14.1 Å². The normalized spacial score (nSPS) is 11.2. The van der Waals surface area contributed by atoms with Crippen molar-refractivity contribution in [1.29, 1.82) is 0 Å². The number of hydrogen-bond acceptors (Lipinski definition) is 5. The van der Waals surface area contributed by atoms with Gasteiger partial charge in [0.1, 0.15) is 0 Å². The monoisotopic (exact) mass is 2330 g/mol. The molecule has 9 nitrogen and oxygen atoms in total. The summed E-state index contributed by atoms with van der Waals surface area (Å²) >= 11 is 26.0. The van der Waals surface area contributed by atoms with E-state index in [4.69, 9.17) is 32.6 Å². The molecule has 23 aromatic rings. The summed E-state index contributed by atoms with van der Waals surface area (Å²) in [6.45, 7) is 9.77. The number of benzene rings is 19. The van der Waals surface area contributed by atoms with Gasteiger partial charge >= 0.3 is 18.9 Å². The summed E-state index contributed by atoms with van der Waals surface area (Å²) in [5.41, 5.74) is 29.7. The van der Waals surface area contributed by atoms with Crippen LogP contribution in [0.4, 0.5) is 51.2 Å². The first kappa shape index (κ1) is 107. The average molecular weight is 2330 g/mol. The van der Waals surface area contributed by atoms with Gasteiger partial charge in [0, 0.05) is 159 Å². The fraction of sp³-hybridized carbons (Fsp3) is 0.0726. The average Bonchev–Trinajstić information content (AvgIpc) is 1.60. The van der Waals surface area contributed by atoms with E-state index in [-0.39, 0.29) is 27.3 Å². The van der Waals surface area contributed by atoms with Crippen molar-refractivity contribution in [2.75, 3.05) is 34.1 Å². The standard InChI is InChI=1S/2C30H21BrN2.C24H18N2.C18H12IN.C6H4BrI.C6H7N.C4H8O.C4H9.C2H6Cl2Si.B.Li/c2*31-22-15-17-25(18-16-22)32(23-9-3-1-4-10-23)26-19-20-30-28(21-26)27-13-7-8-14-29(27)33(30)24-11-5-2-6-12-24;1-3-9-18(10-4-1)25-19-15-16-24-22(17-19)21-13-7-8-14-23(21)26(24)20-11-5-2-6-12-20;19-13-10-11-18-16(12-13)15-8-4-5-9-17(15)20(18)14-6-2-1-3-7-14;7-5-1-3-6(8)4-2-5;7-6-4-2-1-3-5-6;1-2-4-5-3-1;1-3-4-2;1-5(2,3)4;;/h2*1-21H;1-17,25H;1-12H;1-4H;1-5H,7H2;1-4H2;1,3-4H2,2H3;1-2H3;;/q;;;;;;;-1;;;+1. The van der Waals surface area contributed by atoms with Gasteiger partial charge in [-0.15, -0.1) is 22.2 Å². The molecule has 0 atom stereocenters. The van der Waals surface area contributed by atoms with E-state index in [2.05, 4.69) is 565 Å². The Balaban J connectivity index is 0.000000139. The van der Waals surface area contributed by atoms with E-state index in [1.165, 1.54) is 136 Å². The van der Waals surface area contributed by atoms with Gasteiger partial charge in [-0.3, -0.25) is 0 Å². The third-order valence-electron chi connectivity index (χ3n) is 23.2. The molecule has 4 aromatic heterocycles. The number of nitrogens with two attached hydrogens (primary N) is 1. The molecule has 19 aromatic carbocycles. The first-order valence-corrected chi connectivity index (χ1v) is 56.5. The molecule has 1 aliphatic heterocycles. The number of hydrogen-bond donors (Lipinski definition) is 2. The SMILES string of the molecule is Brc1ccc(I)cc1.Brc1ccc(N(c2ccccc2)c2ccc3c(c2)c2ccccc2n3-c2ccccc2)cc1.Brc1ccc(N(c2ccccc2)c2ccc3c(c2)c2ccccc2n3-c2ccccc2)cc1.C1CCOC1.C[Si](C)(Cl)Cl.Ic1ccc2c(c1)c1ccccc1n2-c1ccccc1.Nc1ccccc1.[B].[CH2-]CCC.[Li+].c1ccc(Nc2ccc3c(c2)c2ccccc2n3-c2ccccc2)cc1. The summed E-state index contributed by atoms with van der Waals surface area (Å²) in [4.78, 5) is 4.61. The Morgan fingerprint density at radius 3 is 0.853 bits per heavy atom. The van der Waals surface area contributed by atoms with Crippen molar-refractivity contribution in [2.45, 2.75) is 45.7 Å². The number of para-hydroxylation sites is 12. The topological polar surface area (TPSA) is 73.5 Å². The van der Waals surface area contributed by atoms with E-state index >= 15 is 0 Å². The van der Waals surface area contributed by atoms with Crippen LogP contribution in [0.5, 0.6) is 0 Å². The van der Waals surface area contributed by atoms with Gasteiger partial charge in [0.25, 0.3) is 0 Å². The molecule has 1 saturated heterocycles. The predicted molar refractivity (Wildman–Crippen MR) is 643 cm³/mol. The maximum atomic E-state index is 5.43. The second-order valence-electron chi connectivity index (χ2n) is 33.7. The van der Waals surface area contributed by atoms with E-state index in [9.17, 15) is 0 Å². The summed E-state index contributed by atoms with van der Waals surface area (Å²) in [6.07, 6.45) is 4.83. The summed E-state index contributed by atoms with van der Waals surface area (Å²) in [5.74, 6) is 0. The molecule has 3 N–H and O–H groups in total. The largest absolute Gasteiger partial charge is 1.00 e. The van der Waals surface area contributed by atoms with Crippen LogP contribution in [0.15, 0.2) is 499 Å². The summed E-state index contributed by atoms with van der Waals surface area (Å²) < 4.78 is 20.1. The van der Waals surface area contributed by atoms with Crippen LogP contribution in [0.25, 0.3) is 110 Å². The summed E-state index contributed by atoms with van der Waals surface area (Å²) in [7, 11) is 0. The zero-order valence-electron chi connectivity index (χ0n) is 80.0. The molecule has 0 unspecified atom stereocenters. The second-order valence-corrected chi connectivity index (χ2v) is 47.8. The van der Waals surface area contributed by atoms with Gasteiger partial charge in [-0.2, -0.15) is 6.42 Å². The van der Waals surface area contributed by atoms with E-state index < -0.39 is 6.69 Å². The van der Waals surface area contributed by atoms with Crippen LogP contribution in [0.1, 0.15) is 32.6 Å². The molecule has 0 spiro atoms. The number of unbranched alkanes of at least 4 members (excludes halogenated alkanes) is 1. The molecule has 24 rings (SSSR count). The van der Waals surface area contributed by atoms with Crippen molar-refractivity contribution >= 4 is 269 Å². The van der Waals surface area contributed by atoms with Crippen LogP contribution in [0.2, 0.25) is 13.1 Å². The van der Waals surface area contributed by atoms with Crippen molar-refractivity contribution in [3.63, 3.8) is 0 Å². The van der Waals surface area contributed by atoms with Gasteiger partial charge in [-0.25, -0.2) is 0 Å². The summed E-state index contributed by atoms with van der Waals surface area (Å²) in [5, 5.41) is 13.6. The van der Waals surface area contributed by atoms with Crippen LogP contribution in [-0.4, -0.2) is 46.6 Å². The van der Waals surface area contributed by atoms with Gasteiger partial charge in [-0.05, 0) is 338 Å². The number of aromatic nitrogens is 4. The zero-order chi connectivity index (χ0) is 97.8. The minimum absolute atomic E-state index is 0. The van der Waals surface area contributed by atoms with Crippen molar-refractivity contribution in [3.8, 4) is 22.7 Å². The number of fused-ring (bicyclic) bond motifs is 12. The number of nitrogens with one attached hydrogen (secondary N) is 1. The second kappa shape index (κ2) is 52.9. The third-order valence-corrected chi connectivity index (χ3v) is 26.2. The fourth-order valence-electron chi connectivity index (χ4n) is 16.9. The molecule has 143 heavy (non-hydrogen) atoms. The van der Waals surface area contributed by atoms with Crippen molar-refractivity contribution in [1.82, 2.24) is 18.3 Å². The van der Waals surface area contributed by atoms with Crippen LogP contribution < -0.4 is 39.7 Å². The molecule has 0 amide bonds. The summed E-state index contributed by atoms with van der Waals surface area (Å²) in [6, 6.07) is 169. The van der Waals surface area contributed by atoms with E-state index in [0.717, 1.165) is 84.2 Å². The Labute approximate surface area is 916 Å². The van der Waals surface area contributed by atoms with Crippen LogP contribution in [-0.2, 0) is 4.74 Å². The molecule has 0 saturated carbocycles. The van der Waals surface area contributed by atoms with Gasteiger partial charge in [0.2, 0.25) is 6.69 Å². The van der Waals surface area contributed by atoms with Crippen molar-refractivity contribution in [3.05, 3.63) is 513 Å². The molecule has 5 heterocycles. The molecule has 0 bridgehead atoms. The van der Waals surface area contributed by atoms with Crippen molar-refractivity contribution in [2.24, 2.45) is 0 Å². The minimum Gasteiger partial charge on any atom is -0.399 e. The molecule has 705 valence electrons. The Hall–Kier alpha value is -12.1. The number of nitrogen functional groups attached to an aromatic ring is 1. The first-order valence-electron chi connectivity index (χ1n) is 46.9. The Morgan fingerprint density at radius 2 is 0.552 bits per heavy atom. The van der Waals surface area contributed by atoms with Crippen LogP contribution in [0.3, 0.4) is 0 Å². The quantitative estimate of drug-likeness (QED) is 0.0396. The van der Waals surface area contributed by atoms with Gasteiger partial charge < -0.3 is 50.8 Å². The van der Waals surface area contributed by atoms with E-state index in [0.29, 0.717) is 0 Å². The Kier molecular flexibility index (Phi) is 39.5. The molecule has 0 aliphatic carbocycles. The Morgan fingerprint density at radius 1 is 0.308 bits per heavy atom. The molecule has 1 fully saturated rings. The van der Waals surface area contributed by atoms with Crippen molar-refractivity contribution < 1.29 is 23.6 Å².